The van der Waals surface area contributed by atoms with Crippen molar-refractivity contribution in [2.75, 3.05) is 6.54 Å². The predicted molar refractivity (Wildman–Crippen MR) is 62.5 cm³/mol. The predicted octanol–water partition coefficient (Wildman–Crippen LogP) is 2.30. The van der Waals surface area contributed by atoms with E-state index in [1.54, 1.807) is 0 Å². The lowest BCUT2D eigenvalue weighted by Gasteiger charge is -2.52. The van der Waals surface area contributed by atoms with Crippen molar-refractivity contribution in [1.29, 1.82) is 0 Å². The van der Waals surface area contributed by atoms with E-state index in [2.05, 4.69) is 6.92 Å². The molecule has 0 unspecified atom stereocenters. The molecule has 0 aromatic rings. The summed E-state index contributed by atoms with van der Waals surface area (Å²) in [6.45, 7) is 3.09. The Morgan fingerprint density at radius 1 is 1.20 bits per heavy atom. The van der Waals surface area contributed by atoms with Crippen LogP contribution in [0.25, 0.3) is 0 Å². The molecule has 0 spiro atoms. The highest BCUT2D eigenvalue weighted by Crippen LogP contribution is 2.52. The largest absolute Gasteiger partial charge is 0.393 e. The van der Waals surface area contributed by atoms with Crippen molar-refractivity contribution in [2.24, 2.45) is 23.0 Å². The van der Waals surface area contributed by atoms with E-state index >= 15 is 0 Å². The molecule has 15 heavy (non-hydrogen) atoms. The molecule has 88 valence electrons. The van der Waals surface area contributed by atoms with Gasteiger partial charge in [0.2, 0.25) is 0 Å². The average molecular weight is 211 g/mol. The highest BCUT2D eigenvalue weighted by Gasteiger charge is 2.48. The molecule has 0 saturated heterocycles. The second-order valence-electron chi connectivity index (χ2n) is 5.75. The Balaban J connectivity index is 1.89. The van der Waals surface area contributed by atoms with E-state index in [1.165, 1.54) is 32.1 Å². The van der Waals surface area contributed by atoms with Crippen LogP contribution >= 0.6 is 0 Å². The van der Waals surface area contributed by atoms with Crippen molar-refractivity contribution in [1.82, 2.24) is 0 Å². The van der Waals surface area contributed by atoms with Crippen LogP contribution in [0, 0.1) is 17.3 Å². The van der Waals surface area contributed by atoms with Crippen molar-refractivity contribution in [3.63, 3.8) is 0 Å². The van der Waals surface area contributed by atoms with Crippen molar-refractivity contribution in [2.45, 2.75) is 58.0 Å². The number of aliphatic hydroxyl groups is 1. The first kappa shape index (κ1) is 11.4. The van der Waals surface area contributed by atoms with Gasteiger partial charge in [-0.1, -0.05) is 26.2 Å². The SMILES string of the molecule is CCC1CCC(C2(CN)CC(O)C2)CC1. The number of hydrogen-bond acceptors (Lipinski definition) is 2. The Bertz CT molecular complexity index is 203. The zero-order chi connectivity index (χ0) is 10.9. The Hall–Kier alpha value is -0.0800. The lowest BCUT2D eigenvalue weighted by atomic mass is 9.55. The van der Waals surface area contributed by atoms with Crippen LogP contribution in [-0.4, -0.2) is 17.8 Å². The molecule has 2 nitrogen and oxygen atoms in total. The van der Waals surface area contributed by atoms with Crippen LogP contribution in [0.2, 0.25) is 0 Å². The fourth-order valence-electron chi connectivity index (χ4n) is 3.73. The molecule has 2 aliphatic rings. The maximum atomic E-state index is 9.49. The average Bonchev–Trinajstić information content (AvgIpc) is 2.25. The van der Waals surface area contributed by atoms with Gasteiger partial charge in [-0.2, -0.15) is 0 Å². The van der Waals surface area contributed by atoms with Crippen molar-refractivity contribution in [3.05, 3.63) is 0 Å². The van der Waals surface area contributed by atoms with Gasteiger partial charge in [0.05, 0.1) is 6.10 Å². The fraction of sp³-hybridized carbons (Fsp3) is 1.00. The van der Waals surface area contributed by atoms with Crippen molar-refractivity contribution >= 4 is 0 Å². The van der Waals surface area contributed by atoms with Crippen molar-refractivity contribution < 1.29 is 5.11 Å². The highest BCUT2D eigenvalue weighted by atomic mass is 16.3. The monoisotopic (exact) mass is 211 g/mol. The first-order valence-electron chi connectivity index (χ1n) is 6.58. The van der Waals surface area contributed by atoms with E-state index in [0.717, 1.165) is 31.2 Å². The normalized spacial score (nSPS) is 46.2. The summed E-state index contributed by atoms with van der Waals surface area (Å²) >= 11 is 0. The number of rotatable bonds is 3. The molecule has 2 fully saturated rings. The standard InChI is InChI=1S/C13H25NO/c1-2-10-3-5-11(6-4-10)13(9-14)7-12(15)8-13/h10-12,15H,2-9,14H2,1H3. The van der Waals surface area contributed by atoms with Gasteiger partial charge in [0, 0.05) is 0 Å². The van der Waals surface area contributed by atoms with Gasteiger partial charge in [0.25, 0.3) is 0 Å². The second-order valence-corrected chi connectivity index (χ2v) is 5.75. The molecule has 0 aromatic heterocycles. The minimum Gasteiger partial charge on any atom is -0.393 e. The first-order valence-corrected chi connectivity index (χ1v) is 6.58. The molecule has 0 atom stereocenters. The minimum absolute atomic E-state index is 0.0579. The molecule has 2 aliphatic carbocycles. The smallest absolute Gasteiger partial charge is 0.0552 e. The van der Waals surface area contributed by atoms with Gasteiger partial charge in [-0.3, -0.25) is 0 Å². The first-order chi connectivity index (χ1) is 7.20. The van der Waals surface area contributed by atoms with Gasteiger partial charge in [0.15, 0.2) is 0 Å². The Morgan fingerprint density at radius 2 is 1.80 bits per heavy atom. The topological polar surface area (TPSA) is 46.2 Å². The van der Waals surface area contributed by atoms with E-state index in [-0.39, 0.29) is 6.10 Å². The van der Waals surface area contributed by atoms with Crippen LogP contribution < -0.4 is 5.73 Å². The summed E-state index contributed by atoms with van der Waals surface area (Å²) in [7, 11) is 0. The summed E-state index contributed by atoms with van der Waals surface area (Å²) in [4.78, 5) is 0. The van der Waals surface area contributed by atoms with E-state index in [4.69, 9.17) is 5.73 Å². The number of aliphatic hydroxyl groups excluding tert-OH is 1. The van der Waals surface area contributed by atoms with Gasteiger partial charge in [-0.25, -0.2) is 0 Å². The Kier molecular flexibility index (Phi) is 3.36. The Morgan fingerprint density at radius 3 is 2.20 bits per heavy atom. The van der Waals surface area contributed by atoms with Crippen LogP contribution in [0.5, 0.6) is 0 Å². The fourth-order valence-corrected chi connectivity index (χ4v) is 3.73. The molecule has 0 aliphatic heterocycles. The summed E-state index contributed by atoms with van der Waals surface area (Å²) < 4.78 is 0. The van der Waals surface area contributed by atoms with Gasteiger partial charge >= 0.3 is 0 Å². The third-order valence-corrected chi connectivity index (χ3v) is 4.98. The molecule has 0 aromatic carbocycles. The molecule has 0 heterocycles. The van der Waals surface area contributed by atoms with E-state index in [1.807, 2.05) is 0 Å². The van der Waals surface area contributed by atoms with E-state index in [9.17, 15) is 5.11 Å². The van der Waals surface area contributed by atoms with Crippen molar-refractivity contribution in [3.8, 4) is 0 Å². The van der Waals surface area contributed by atoms with Crippen LogP contribution in [0.3, 0.4) is 0 Å². The molecule has 2 heteroatoms. The third kappa shape index (κ3) is 2.07. The zero-order valence-electron chi connectivity index (χ0n) is 9.91. The molecule has 2 saturated carbocycles. The summed E-state index contributed by atoms with van der Waals surface area (Å²) in [5.74, 6) is 1.76. The minimum atomic E-state index is -0.0579. The van der Waals surface area contributed by atoms with E-state index in [0.29, 0.717) is 5.41 Å². The zero-order valence-corrected chi connectivity index (χ0v) is 9.91. The van der Waals surface area contributed by atoms with Crippen LogP contribution in [-0.2, 0) is 0 Å². The lowest BCUT2D eigenvalue weighted by Crippen LogP contribution is -2.51. The van der Waals surface area contributed by atoms with Crippen LogP contribution in [0.4, 0.5) is 0 Å². The van der Waals surface area contributed by atoms with Gasteiger partial charge in [0.1, 0.15) is 0 Å². The molecule has 0 amide bonds. The molecule has 3 N–H and O–H groups in total. The van der Waals surface area contributed by atoms with E-state index < -0.39 is 0 Å². The molecule has 0 radical (unpaired) electrons. The maximum absolute atomic E-state index is 9.49. The Labute approximate surface area is 93.2 Å². The summed E-state index contributed by atoms with van der Waals surface area (Å²) in [6, 6.07) is 0. The molecule has 2 rings (SSSR count). The summed E-state index contributed by atoms with van der Waals surface area (Å²) in [5, 5.41) is 9.49. The van der Waals surface area contributed by atoms with Gasteiger partial charge < -0.3 is 10.8 Å². The van der Waals surface area contributed by atoms with Crippen LogP contribution in [0.1, 0.15) is 51.9 Å². The maximum Gasteiger partial charge on any atom is 0.0552 e. The molecule has 0 bridgehead atoms. The highest BCUT2D eigenvalue weighted by molar-refractivity contribution is 5.00. The number of hydrogen-bond donors (Lipinski definition) is 2. The number of nitrogens with two attached hydrogens (primary N) is 1. The molecular weight excluding hydrogens is 186 g/mol. The lowest BCUT2D eigenvalue weighted by molar-refractivity contribution is -0.0765. The molecular formula is C13H25NO. The van der Waals surface area contributed by atoms with Gasteiger partial charge in [-0.15, -0.1) is 0 Å². The van der Waals surface area contributed by atoms with Crippen LogP contribution in [0.15, 0.2) is 0 Å². The summed E-state index contributed by atoms with van der Waals surface area (Å²) in [5.41, 5.74) is 6.24. The quantitative estimate of drug-likeness (QED) is 0.752. The van der Waals surface area contributed by atoms with Gasteiger partial charge in [-0.05, 0) is 49.5 Å². The third-order valence-electron chi connectivity index (χ3n) is 4.98. The second kappa shape index (κ2) is 4.42. The summed E-state index contributed by atoms with van der Waals surface area (Å²) in [6.07, 6.45) is 8.68.